The summed E-state index contributed by atoms with van der Waals surface area (Å²) >= 11 is 6.04. The first-order valence-electron chi connectivity index (χ1n) is 8.80. The van der Waals surface area contributed by atoms with Crippen LogP contribution in [0.4, 0.5) is 18.9 Å². The maximum Gasteiger partial charge on any atom is 0.331 e. The highest BCUT2D eigenvalue weighted by molar-refractivity contribution is 6.31. The molecule has 0 saturated heterocycles. The largest absolute Gasteiger partial charge is 0.449 e. The molecular weight excluding hydrogens is 441 g/mol. The van der Waals surface area contributed by atoms with E-state index in [0.717, 1.165) is 12.1 Å². The molecule has 31 heavy (non-hydrogen) atoms. The van der Waals surface area contributed by atoms with E-state index in [1.54, 1.807) is 14.0 Å². The molecule has 0 aliphatic heterocycles. The highest BCUT2D eigenvalue weighted by Gasteiger charge is 2.19. The molecular formula is C19H18ClF3N4O4. The van der Waals surface area contributed by atoms with E-state index in [0.29, 0.717) is 22.5 Å². The van der Waals surface area contributed by atoms with Crippen LogP contribution in [-0.4, -0.2) is 40.2 Å². The summed E-state index contributed by atoms with van der Waals surface area (Å²) in [6.07, 6.45) is 1.20. The van der Waals surface area contributed by atoms with Gasteiger partial charge in [-0.1, -0.05) is 11.6 Å². The molecule has 0 bridgehead atoms. The van der Waals surface area contributed by atoms with Crippen molar-refractivity contribution in [2.24, 2.45) is 7.05 Å². The number of nitrogens with one attached hydrogen (secondary N) is 2. The Labute approximate surface area is 180 Å². The molecule has 1 aromatic carbocycles. The van der Waals surface area contributed by atoms with Gasteiger partial charge >= 0.3 is 5.97 Å². The summed E-state index contributed by atoms with van der Waals surface area (Å²) in [5.74, 6) is -7.27. The zero-order chi connectivity index (χ0) is 23.3. The van der Waals surface area contributed by atoms with Crippen molar-refractivity contribution in [1.82, 2.24) is 15.1 Å². The normalized spacial score (nSPS) is 12.0. The van der Waals surface area contributed by atoms with Gasteiger partial charge in [0, 0.05) is 18.7 Å². The fourth-order valence-corrected chi connectivity index (χ4v) is 2.62. The van der Waals surface area contributed by atoms with Gasteiger partial charge in [-0.2, -0.15) is 5.10 Å². The van der Waals surface area contributed by atoms with Gasteiger partial charge in [-0.05, 0) is 32.1 Å². The zero-order valence-corrected chi connectivity index (χ0v) is 17.4. The highest BCUT2D eigenvalue weighted by atomic mass is 35.5. The number of aromatic nitrogens is 2. The number of esters is 1. The van der Waals surface area contributed by atoms with Gasteiger partial charge in [-0.3, -0.25) is 14.3 Å². The van der Waals surface area contributed by atoms with Crippen molar-refractivity contribution in [3.05, 3.63) is 52.1 Å². The van der Waals surface area contributed by atoms with E-state index in [-0.39, 0.29) is 0 Å². The molecule has 0 radical (unpaired) electrons. The van der Waals surface area contributed by atoms with Crippen LogP contribution in [-0.2, 0) is 26.2 Å². The van der Waals surface area contributed by atoms with Gasteiger partial charge in [0.05, 0.1) is 17.9 Å². The molecule has 2 aromatic rings. The van der Waals surface area contributed by atoms with E-state index < -0.39 is 53.6 Å². The minimum atomic E-state index is -1.74. The molecule has 1 atom stereocenters. The molecule has 12 heteroatoms. The van der Waals surface area contributed by atoms with Gasteiger partial charge in [0.25, 0.3) is 5.91 Å². The molecule has 1 aromatic heterocycles. The molecule has 0 saturated carbocycles. The standard InChI is InChI=1S/C19H18ClF3N4O4/c1-9-11(18(20)27(3)26-9)4-7-15(29)31-10(2)19(30)24-8-14(28)25-13-6-5-12(21)16(22)17(13)23/h4-7,10H,8H2,1-3H3,(H,24,30)(H,25,28)/b7-4+. The van der Waals surface area contributed by atoms with Crippen LogP contribution in [0.1, 0.15) is 18.2 Å². The molecule has 0 fully saturated rings. The predicted molar refractivity (Wildman–Crippen MR) is 105 cm³/mol. The number of carbonyl (C=O) groups is 3. The van der Waals surface area contributed by atoms with Crippen LogP contribution >= 0.6 is 11.6 Å². The Kier molecular flexibility index (Phi) is 7.81. The third kappa shape index (κ3) is 6.07. The minimum absolute atomic E-state index is 0.316. The van der Waals surface area contributed by atoms with Crippen LogP contribution in [0.2, 0.25) is 5.15 Å². The Morgan fingerprint density at radius 1 is 1.26 bits per heavy atom. The molecule has 2 rings (SSSR count). The second-order valence-corrected chi connectivity index (χ2v) is 6.67. The Bertz CT molecular complexity index is 1060. The average molecular weight is 459 g/mol. The fraction of sp³-hybridized carbons (Fsp3) is 0.263. The number of nitrogens with zero attached hydrogens (tertiary/aromatic N) is 2. The van der Waals surface area contributed by atoms with Gasteiger partial charge in [-0.15, -0.1) is 0 Å². The SMILES string of the molecule is Cc1nn(C)c(Cl)c1/C=C/C(=O)OC(C)C(=O)NCC(=O)Nc1ccc(F)c(F)c1F. The Morgan fingerprint density at radius 2 is 1.94 bits per heavy atom. The van der Waals surface area contributed by atoms with Crippen molar-refractivity contribution < 1.29 is 32.3 Å². The summed E-state index contributed by atoms with van der Waals surface area (Å²) in [4.78, 5) is 35.7. The molecule has 8 nitrogen and oxygen atoms in total. The summed E-state index contributed by atoms with van der Waals surface area (Å²) in [6.45, 7) is 2.35. The van der Waals surface area contributed by atoms with Crippen LogP contribution < -0.4 is 10.6 Å². The van der Waals surface area contributed by atoms with Crippen molar-refractivity contribution >= 4 is 41.1 Å². The Morgan fingerprint density at radius 3 is 2.55 bits per heavy atom. The van der Waals surface area contributed by atoms with Crippen LogP contribution in [0, 0.1) is 24.4 Å². The monoisotopic (exact) mass is 458 g/mol. The molecule has 166 valence electrons. The summed E-state index contributed by atoms with van der Waals surface area (Å²) in [6, 6.07) is 1.47. The molecule has 2 N–H and O–H groups in total. The summed E-state index contributed by atoms with van der Waals surface area (Å²) < 4.78 is 46.0. The third-order valence-electron chi connectivity index (χ3n) is 3.98. The first-order chi connectivity index (χ1) is 14.5. The molecule has 1 unspecified atom stereocenters. The smallest absolute Gasteiger partial charge is 0.331 e. The number of amides is 2. The maximum absolute atomic E-state index is 13.5. The lowest BCUT2D eigenvalue weighted by Crippen LogP contribution is -2.40. The first kappa shape index (κ1) is 23.9. The molecule has 1 heterocycles. The van der Waals surface area contributed by atoms with Crippen LogP contribution in [0.15, 0.2) is 18.2 Å². The molecule has 2 amide bonds. The van der Waals surface area contributed by atoms with Crippen molar-refractivity contribution in [3.63, 3.8) is 0 Å². The topological polar surface area (TPSA) is 102 Å². The lowest BCUT2D eigenvalue weighted by atomic mass is 10.2. The van der Waals surface area contributed by atoms with Crippen LogP contribution in [0.3, 0.4) is 0 Å². The van der Waals surface area contributed by atoms with Crippen molar-refractivity contribution in [2.75, 3.05) is 11.9 Å². The second kappa shape index (κ2) is 10.1. The number of halogens is 4. The summed E-state index contributed by atoms with van der Waals surface area (Å²) in [5, 5.41) is 8.56. The predicted octanol–water partition coefficient (Wildman–Crippen LogP) is 2.50. The number of rotatable bonds is 7. The van der Waals surface area contributed by atoms with E-state index in [9.17, 15) is 27.6 Å². The summed E-state index contributed by atoms with van der Waals surface area (Å²) in [7, 11) is 1.63. The number of anilines is 1. The molecule has 0 aliphatic rings. The van der Waals surface area contributed by atoms with E-state index in [4.69, 9.17) is 16.3 Å². The van der Waals surface area contributed by atoms with Crippen LogP contribution in [0.25, 0.3) is 6.08 Å². The number of ether oxygens (including phenoxy) is 1. The minimum Gasteiger partial charge on any atom is -0.449 e. The molecule has 0 aliphatic carbocycles. The fourth-order valence-electron chi connectivity index (χ4n) is 2.38. The lowest BCUT2D eigenvalue weighted by molar-refractivity contribution is -0.150. The van der Waals surface area contributed by atoms with Crippen molar-refractivity contribution in [2.45, 2.75) is 20.0 Å². The van der Waals surface area contributed by atoms with Crippen LogP contribution in [0.5, 0.6) is 0 Å². The van der Waals surface area contributed by atoms with Crippen molar-refractivity contribution in [3.8, 4) is 0 Å². The van der Waals surface area contributed by atoms with Gasteiger partial charge in [-0.25, -0.2) is 18.0 Å². The number of benzene rings is 1. The number of hydrogen-bond donors (Lipinski definition) is 2. The quantitative estimate of drug-likeness (QED) is 0.377. The van der Waals surface area contributed by atoms with Gasteiger partial charge in [0.2, 0.25) is 5.91 Å². The number of aryl methyl sites for hydroxylation is 2. The highest BCUT2D eigenvalue weighted by Crippen LogP contribution is 2.20. The number of hydrogen-bond acceptors (Lipinski definition) is 5. The van der Waals surface area contributed by atoms with Crippen molar-refractivity contribution in [1.29, 1.82) is 0 Å². The van der Waals surface area contributed by atoms with E-state index in [1.807, 2.05) is 5.32 Å². The van der Waals surface area contributed by atoms with E-state index >= 15 is 0 Å². The van der Waals surface area contributed by atoms with Gasteiger partial charge in [0.15, 0.2) is 23.6 Å². The summed E-state index contributed by atoms with van der Waals surface area (Å²) in [5.41, 5.74) is 0.511. The maximum atomic E-state index is 13.5. The van der Waals surface area contributed by atoms with Gasteiger partial charge in [0.1, 0.15) is 5.15 Å². The Hall–Kier alpha value is -3.34. The first-order valence-corrected chi connectivity index (χ1v) is 9.18. The third-order valence-corrected chi connectivity index (χ3v) is 4.43. The zero-order valence-electron chi connectivity index (χ0n) is 16.6. The average Bonchev–Trinajstić information content (AvgIpc) is 2.96. The second-order valence-electron chi connectivity index (χ2n) is 6.31. The van der Waals surface area contributed by atoms with Gasteiger partial charge < -0.3 is 15.4 Å². The lowest BCUT2D eigenvalue weighted by Gasteiger charge is -2.12. The molecule has 0 spiro atoms. The van der Waals surface area contributed by atoms with E-state index in [2.05, 4.69) is 10.4 Å². The Balaban J connectivity index is 1.85. The number of carbonyl (C=O) groups excluding carboxylic acids is 3. The van der Waals surface area contributed by atoms with E-state index in [1.165, 1.54) is 17.7 Å².